The second-order valence-electron chi connectivity index (χ2n) is 3.73. The highest BCUT2D eigenvalue weighted by Gasteiger charge is 2.08. The van der Waals surface area contributed by atoms with E-state index in [1.54, 1.807) is 25.1 Å². The highest BCUT2D eigenvalue weighted by Crippen LogP contribution is 2.20. The first kappa shape index (κ1) is 12.0. The van der Waals surface area contributed by atoms with Crippen LogP contribution in [0.3, 0.4) is 0 Å². The second kappa shape index (κ2) is 4.82. The molecule has 2 rings (SSSR count). The molecule has 0 bridgehead atoms. The van der Waals surface area contributed by atoms with Gasteiger partial charge in [0.2, 0.25) is 11.9 Å². The van der Waals surface area contributed by atoms with Gasteiger partial charge in [0.15, 0.2) is 0 Å². The van der Waals surface area contributed by atoms with Crippen molar-refractivity contribution in [3.8, 4) is 11.8 Å². The molecule has 2 aromatic rings. The molecule has 0 aliphatic heterocycles. The minimum absolute atomic E-state index is 0.0248. The number of ether oxygens (including phenoxy) is 1. The number of aromatic nitrogens is 3. The molecule has 0 atom stereocenters. The molecule has 6 nitrogen and oxygen atoms in total. The molecule has 0 aliphatic carbocycles. The number of hydrogen-bond donors (Lipinski definition) is 1. The van der Waals surface area contributed by atoms with E-state index in [9.17, 15) is 4.39 Å². The molecule has 0 fully saturated rings. The fourth-order valence-corrected chi connectivity index (χ4v) is 1.24. The minimum Gasteiger partial charge on any atom is -0.424 e. The van der Waals surface area contributed by atoms with Crippen LogP contribution in [0.4, 0.5) is 16.3 Å². The van der Waals surface area contributed by atoms with Gasteiger partial charge < -0.3 is 15.4 Å². The van der Waals surface area contributed by atoms with Crippen molar-refractivity contribution in [2.45, 2.75) is 0 Å². The van der Waals surface area contributed by atoms with E-state index in [4.69, 9.17) is 10.5 Å². The summed E-state index contributed by atoms with van der Waals surface area (Å²) in [6.07, 6.45) is 0. The monoisotopic (exact) mass is 249 g/mol. The smallest absolute Gasteiger partial charge is 0.328 e. The van der Waals surface area contributed by atoms with E-state index in [0.29, 0.717) is 11.7 Å². The van der Waals surface area contributed by atoms with Gasteiger partial charge in [-0.1, -0.05) is 6.07 Å². The van der Waals surface area contributed by atoms with Gasteiger partial charge >= 0.3 is 6.01 Å². The predicted molar refractivity (Wildman–Crippen MR) is 65.0 cm³/mol. The molecule has 0 aliphatic rings. The summed E-state index contributed by atoms with van der Waals surface area (Å²) in [6.45, 7) is 0. The topological polar surface area (TPSA) is 77.2 Å². The van der Waals surface area contributed by atoms with Crippen LogP contribution in [0.15, 0.2) is 24.3 Å². The number of nitrogen functional groups attached to an aromatic ring is 1. The molecule has 94 valence electrons. The summed E-state index contributed by atoms with van der Waals surface area (Å²) in [7, 11) is 3.53. The van der Waals surface area contributed by atoms with E-state index < -0.39 is 5.82 Å². The number of rotatable bonds is 3. The highest BCUT2D eigenvalue weighted by molar-refractivity contribution is 5.35. The Labute approximate surface area is 103 Å². The lowest BCUT2D eigenvalue weighted by molar-refractivity contribution is 0.437. The van der Waals surface area contributed by atoms with Crippen molar-refractivity contribution in [1.82, 2.24) is 15.0 Å². The Bertz CT molecular complexity index is 561. The summed E-state index contributed by atoms with van der Waals surface area (Å²) in [5.74, 6) is 0.307. The van der Waals surface area contributed by atoms with Crippen LogP contribution in [0.25, 0.3) is 0 Å². The zero-order valence-electron chi connectivity index (χ0n) is 9.96. The van der Waals surface area contributed by atoms with Crippen LogP contribution in [0.1, 0.15) is 0 Å². The first-order valence-corrected chi connectivity index (χ1v) is 5.17. The first-order valence-electron chi connectivity index (χ1n) is 5.17. The second-order valence-corrected chi connectivity index (χ2v) is 3.73. The van der Waals surface area contributed by atoms with Crippen molar-refractivity contribution in [2.24, 2.45) is 0 Å². The van der Waals surface area contributed by atoms with Crippen molar-refractivity contribution in [2.75, 3.05) is 24.7 Å². The van der Waals surface area contributed by atoms with Crippen LogP contribution in [0.2, 0.25) is 0 Å². The molecule has 0 spiro atoms. The van der Waals surface area contributed by atoms with Gasteiger partial charge in [0, 0.05) is 20.2 Å². The SMILES string of the molecule is CN(C)c1nc(N)nc(Oc2cccc(F)c2)n1. The number of nitrogens with zero attached hydrogens (tertiary/aromatic N) is 4. The zero-order chi connectivity index (χ0) is 13.1. The van der Waals surface area contributed by atoms with Crippen molar-refractivity contribution in [1.29, 1.82) is 0 Å². The van der Waals surface area contributed by atoms with E-state index >= 15 is 0 Å². The summed E-state index contributed by atoms with van der Waals surface area (Å²) in [5, 5.41) is 0. The van der Waals surface area contributed by atoms with Gasteiger partial charge in [-0.3, -0.25) is 0 Å². The highest BCUT2D eigenvalue weighted by atomic mass is 19.1. The maximum Gasteiger partial charge on any atom is 0.328 e. The van der Waals surface area contributed by atoms with Crippen molar-refractivity contribution in [3.63, 3.8) is 0 Å². The molecular weight excluding hydrogens is 237 g/mol. The normalized spacial score (nSPS) is 10.2. The van der Waals surface area contributed by atoms with E-state index in [-0.39, 0.29) is 12.0 Å². The molecule has 2 N–H and O–H groups in total. The van der Waals surface area contributed by atoms with Crippen LogP contribution in [0.5, 0.6) is 11.8 Å². The lowest BCUT2D eigenvalue weighted by atomic mass is 10.3. The maximum absolute atomic E-state index is 13.0. The molecule has 7 heteroatoms. The molecule has 0 saturated heterocycles. The molecule has 0 unspecified atom stereocenters. The van der Waals surface area contributed by atoms with Gasteiger partial charge in [0.25, 0.3) is 0 Å². The molecular formula is C11H12FN5O. The summed E-state index contributed by atoms with van der Waals surface area (Å²) < 4.78 is 18.3. The molecule has 18 heavy (non-hydrogen) atoms. The van der Waals surface area contributed by atoms with Crippen molar-refractivity contribution in [3.05, 3.63) is 30.1 Å². The summed E-state index contributed by atoms with van der Waals surface area (Å²) in [4.78, 5) is 13.4. The van der Waals surface area contributed by atoms with Crippen LogP contribution in [-0.2, 0) is 0 Å². The Balaban J connectivity index is 2.29. The third-order valence-electron chi connectivity index (χ3n) is 2.03. The van der Waals surface area contributed by atoms with E-state index in [0.717, 1.165) is 0 Å². The Morgan fingerprint density at radius 2 is 2.00 bits per heavy atom. The van der Waals surface area contributed by atoms with Crippen LogP contribution in [-0.4, -0.2) is 29.0 Å². The minimum atomic E-state index is -0.401. The Kier molecular flexibility index (Phi) is 3.22. The number of hydrogen-bond acceptors (Lipinski definition) is 6. The summed E-state index contributed by atoms with van der Waals surface area (Å²) in [6, 6.07) is 5.70. The fourth-order valence-electron chi connectivity index (χ4n) is 1.24. The van der Waals surface area contributed by atoms with Crippen LogP contribution >= 0.6 is 0 Å². The molecule has 1 aromatic carbocycles. The molecule has 0 radical (unpaired) electrons. The lowest BCUT2D eigenvalue weighted by Crippen LogP contribution is -2.15. The standard InChI is InChI=1S/C11H12FN5O/c1-17(2)10-14-9(13)15-11(16-10)18-8-5-3-4-7(12)6-8/h3-6H,1-2H3,(H2,13,14,15,16). The van der Waals surface area contributed by atoms with Gasteiger partial charge in [-0.2, -0.15) is 15.0 Å². The largest absolute Gasteiger partial charge is 0.424 e. The third kappa shape index (κ3) is 2.82. The third-order valence-corrected chi connectivity index (χ3v) is 2.03. The Hall–Kier alpha value is -2.44. The zero-order valence-corrected chi connectivity index (χ0v) is 9.96. The van der Waals surface area contributed by atoms with Gasteiger partial charge in [0.05, 0.1) is 0 Å². The average Bonchev–Trinajstić information content (AvgIpc) is 2.28. The Morgan fingerprint density at radius 3 is 2.67 bits per heavy atom. The molecule has 0 saturated carbocycles. The number of benzene rings is 1. The summed E-state index contributed by atoms with van der Waals surface area (Å²) in [5.41, 5.74) is 5.54. The van der Waals surface area contributed by atoms with Gasteiger partial charge in [0.1, 0.15) is 11.6 Å². The fraction of sp³-hybridized carbons (Fsp3) is 0.182. The van der Waals surface area contributed by atoms with Gasteiger partial charge in [-0.25, -0.2) is 4.39 Å². The van der Waals surface area contributed by atoms with Crippen molar-refractivity contribution >= 4 is 11.9 Å². The maximum atomic E-state index is 13.0. The first-order chi connectivity index (χ1) is 8.54. The van der Waals surface area contributed by atoms with Crippen LogP contribution in [0, 0.1) is 5.82 Å². The predicted octanol–water partition coefficient (Wildman–Crippen LogP) is 1.45. The molecule has 1 aromatic heterocycles. The van der Waals surface area contributed by atoms with E-state index in [2.05, 4.69) is 15.0 Å². The van der Waals surface area contributed by atoms with Gasteiger partial charge in [-0.15, -0.1) is 0 Å². The van der Waals surface area contributed by atoms with E-state index in [1.165, 1.54) is 18.2 Å². The quantitative estimate of drug-likeness (QED) is 0.887. The van der Waals surface area contributed by atoms with E-state index in [1.807, 2.05) is 0 Å². The lowest BCUT2D eigenvalue weighted by Gasteiger charge is -2.11. The average molecular weight is 249 g/mol. The Morgan fingerprint density at radius 1 is 1.22 bits per heavy atom. The number of anilines is 2. The van der Waals surface area contributed by atoms with Gasteiger partial charge in [-0.05, 0) is 12.1 Å². The number of halogens is 1. The molecule has 0 amide bonds. The summed E-state index contributed by atoms with van der Waals surface area (Å²) >= 11 is 0. The molecule has 1 heterocycles. The van der Waals surface area contributed by atoms with Crippen molar-refractivity contribution < 1.29 is 9.13 Å². The number of nitrogens with two attached hydrogens (primary N) is 1. The van der Waals surface area contributed by atoms with Crippen LogP contribution < -0.4 is 15.4 Å².